The second-order valence-electron chi connectivity index (χ2n) is 6.37. The molecule has 1 aromatic carbocycles. The zero-order chi connectivity index (χ0) is 17.0. The van der Waals surface area contributed by atoms with Crippen LogP contribution in [0.4, 0.5) is 0 Å². The van der Waals surface area contributed by atoms with E-state index in [1.165, 1.54) is 5.56 Å². The summed E-state index contributed by atoms with van der Waals surface area (Å²) in [6.45, 7) is 8.69. The van der Waals surface area contributed by atoms with Crippen molar-refractivity contribution in [1.29, 1.82) is 0 Å². The van der Waals surface area contributed by atoms with Gasteiger partial charge in [-0.1, -0.05) is 31.5 Å². The molecule has 6 heteroatoms. The Morgan fingerprint density at radius 2 is 1.88 bits per heavy atom. The Kier molecular flexibility index (Phi) is 7.45. The summed E-state index contributed by atoms with van der Waals surface area (Å²) in [4.78, 5) is 12.4. The molecule has 3 N–H and O–H groups in total. The number of rotatable bonds is 6. The van der Waals surface area contributed by atoms with Crippen LogP contribution in [0.25, 0.3) is 5.69 Å². The molecule has 2 rings (SSSR count). The number of hydrogen-bond donors (Lipinski definition) is 2. The summed E-state index contributed by atoms with van der Waals surface area (Å²) in [5, 5.41) is 7.36. The Labute approximate surface area is 150 Å². The van der Waals surface area contributed by atoms with Gasteiger partial charge in [-0.15, -0.1) is 12.4 Å². The number of carbonyl (C=O) groups excluding carboxylic acids is 1. The molecule has 1 heterocycles. The fourth-order valence-electron chi connectivity index (χ4n) is 2.49. The van der Waals surface area contributed by atoms with Gasteiger partial charge in [0.25, 0.3) is 5.91 Å². The van der Waals surface area contributed by atoms with E-state index in [2.05, 4.69) is 24.3 Å². The lowest BCUT2D eigenvalue weighted by molar-refractivity contribution is 0.0951. The van der Waals surface area contributed by atoms with Gasteiger partial charge in [0.2, 0.25) is 0 Å². The molecule has 1 unspecified atom stereocenters. The standard InChI is InChI=1S/C18H26N4O.ClH/c1-12(2)17-16(18(23)20-10-9-14(4)19)11-21-22(17)15-7-5-13(3)6-8-15;/h5-8,11-12,14H,9-10,19H2,1-4H3,(H,20,23);1H. The first kappa shape index (κ1) is 20.2. The maximum Gasteiger partial charge on any atom is 0.254 e. The Hall–Kier alpha value is -1.85. The quantitative estimate of drug-likeness (QED) is 0.840. The van der Waals surface area contributed by atoms with Crippen molar-refractivity contribution in [2.24, 2.45) is 5.73 Å². The van der Waals surface area contributed by atoms with E-state index in [9.17, 15) is 4.79 Å². The molecule has 132 valence electrons. The lowest BCUT2D eigenvalue weighted by atomic mass is 10.0. The monoisotopic (exact) mass is 350 g/mol. The number of benzene rings is 1. The van der Waals surface area contributed by atoms with Crippen LogP contribution in [0.3, 0.4) is 0 Å². The minimum atomic E-state index is -0.0901. The molecule has 0 radical (unpaired) electrons. The Bertz CT molecular complexity index is 662. The van der Waals surface area contributed by atoms with E-state index < -0.39 is 0 Å². The van der Waals surface area contributed by atoms with E-state index in [0.717, 1.165) is 17.8 Å². The third-order valence-corrected chi connectivity index (χ3v) is 3.76. The second kappa shape index (κ2) is 8.85. The van der Waals surface area contributed by atoms with Crippen molar-refractivity contribution in [1.82, 2.24) is 15.1 Å². The smallest absolute Gasteiger partial charge is 0.254 e. The predicted molar refractivity (Wildman–Crippen MR) is 100 cm³/mol. The van der Waals surface area contributed by atoms with Gasteiger partial charge in [-0.25, -0.2) is 4.68 Å². The minimum Gasteiger partial charge on any atom is -0.352 e. The van der Waals surface area contributed by atoms with Crippen LogP contribution in [0, 0.1) is 6.92 Å². The van der Waals surface area contributed by atoms with Crippen LogP contribution in [0.2, 0.25) is 0 Å². The summed E-state index contributed by atoms with van der Waals surface area (Å²) >= 11 is 0. The number of halogens is 1. The molecule has 0 saturated carbocycles. The normalized spacial score (nSPS) is 11.9. The molecule has 1 atom stereocenters. The third kappa shape index (κ3) is 4.82. The minimum absolute atomic E-state index is 0. The zero-order valence-electron chi connectivity index (χ0n) is 14.7. The van der Waals surface area contributed by atoms with Gasteiger partial charge in [0, 0.05) is 12.6 Å². The summed E-state index contributed by atoms with van der Waals surface area (Å²) < 4.78 is 1.85. The number of nitrogens with one attached hydrogen (secondary N) is 1. The van der Waals surface area contributed by atoms with Crippen molar-refractivity contribution in [2.75, 3.05) is 6.54 Å². The number of aromatic nitrogens is 2. The summed E-state index contributed by atoms with van der Waals surface area (Å²) in [6.07, 6.45) is 2.41. The molecule has 24 heavy (non-hydrogen) atoms. The second-order valence-corrected chi connectivity index (χ2v) is 6.37. The molecule has 0 bridgehead atoms. The Morgan fingerprint density at radius 3 is 2.42 bits per heavy atom. The first-order chi connectivity index (χ1) is 10.9. The van der Waals surface area contributed by atoms with Crippen molar-refractivity contribution >= 4 is 18.3 Å². The van der Waals surface area contributed by atoms with Gasteiger partial charge in [0.05, 0.1) is 23.1 Å². The van der Waals surface area contributed by atoms with Crippen LogP contribution in [-0.2, 0) is 0 Å². The van der Waals surface area contributed by atoms with E-state index in [1.54, 1.807) is 6.20 Å². The van der Waals surface area contributed by atoms with Gasteiger partial charge >= 0.3 is 0 Å². The first-order valence-electron chi connectivity index (χ1n) is 8.09. The molecule has 5 nitrogen and oxygen atoms in total. The van der Waals surface area contributed by atoms with Gasteiger partial charge in [-0.05, 0) is 38.3 Å². The fourth-order valence-corrected chi connectivity index (χ4v) is 2.49. The average Bonchev–Trinajstić information content (AvgIpc) is 2.92. The number of amides is 1. The first-order valence-corrected chi connectivity index (χ1v) is 8.09. The van der Waals surface area contributed by atoms with Gasteiger partial charge in [-0.2, -0.15) is 5.10 Å². The average molecular weight is 351 g/mol. The molecule has 0 aliphatic carbocycles. The zero-order valence-corrected chi connectivity index (χ0v) is 15.6. The highest BCUT2D eigenvalue weighted by Crippen LogP contribution is 2.23. The summed E-state index contributed by atoms with van der Waals surface area (Å²) in [5.41, 5.74) is 9.43. The molecule has 0 aliphatic rings. The predicted octanol–water partition coefficient (Wildman–Crippen LogP) is 3.19. The van der Waals surface area contributed by atoms with Crippen molar-refractivity contribution in [3.05, 3.63) is 47.3 Å². The van der Waals surface area contributed by atoms with Crippen LogP contribution in [-0.4, -0.2) is 28.3 Å². The summed E-state index contributed by atoms with van der Waals surface area (Å²) in [6, 6.07) is 8.21. The van der Waals surface area contributed by atoms with E-state index in [0.29, 0.717) is 12.1 Å². The molecule has 0 aliphatic heterocycles. The topological polar surface area (TPSA) is 72.9 Å². The highest BCUT2D eigenvalue weighted by Gasteiger charge is 2.20. The number of carbonyl (C=O) groups is 1. The van der Waals surface area contributed by atoms with E-state index in [-0.39, 0.29) is 30.3 Å². The van der Waals surface area contributed by atoms with Crippen LogP contribution in [0.5, 0.6) is 0 Å². The number of aryl methyl sites for hydroxylation is 1. The highest BCUT2D eigenvalue weighted by atomic mass is 35.5. The molecule has 1 amide bonds. The molecular weight excluding hydrogens is 324 g/mol. The van der Waals surface area contributed by atoms with Crippen LogP contribution < -0.4 is 11.1 Å². The van der Waals surface area contributed by atoms with E-state index >= 15 is 0 Å². The van der Waals surface area contributed by atoms with Crippen LogP contribution >= 0.6 is 12.4 Å². The summed E-state index contributed by atoms with van der Waals surface area (Å²) in [7, 11) is 0. The van der Waals surface area contributed by atoms with Crippen molar-refractivity contribution in [3.8, 4) is 5.69 Å². The SMILES string of the molecule is Cc1ccc(-n2ncc(C(=O)NCCC(C)N)c2C(C)C)cc1.Cl. The number of hydrogen-bond acceptors (Lipinski definition) is 3. The molecule has 1 aromatic heterocycles. The number of nitrogens with zero attached hydrogens (tertiary/aromatic N) is 2. The van der Waals surface area contributed by atoms with Gasteiger partial charge < -0.3 is 11.1 Å². The van der Waals surface area contributed by atoms with Gasteiger partial charge in [0.15, 0.2) is 0 Å². The van der Waals surface area contributed by atoms with Crippen molar-refractivity contribution in [2.45, 2.75) is 46.1 Å². The Morgan fingerprint density at radius 1 is 1.25 bits per heavy atom. The van der Waals surface area contributed by atoms with Gasteiger partial charge in [0.1, 0.15) is 0 Å². The van der Waals surface area contributed by atoms with Crippen LogP contribution in [0.15, 0.2) is 30.5 Å². The lowest BCUT2D eigenvalue weighted by Crippen LogP contribution is -2.29. The van der Waals surface area contributed by atoms with Crippen molar-refractivity contribution < 1.29 is 4.79 Å². The lowest BCUT2D eigenvalue weighted by Gasteiger charge is -2.13. The largest absolute Gasteiger partial charge is 0.352 e. The molecule has 0 spiro atoms. The van der Waals surface area contributed by atoms with Gasteiger partial charge in [-0.3, -0.25) is 4.79 Å². The van der Waals surface area contributed by atoms with Crippen LogP contribution in [0.1, 0.15) is 54.7 Å². The van der Waals surface area contributed by atoms with E-state index in [1.807, 2.05) is 42.8 Å². The fraction of sp³-hybridized carbons (Fsp3) is 0.444. The number of nitrogens with two attached hydrogens (primary N) is 1. The van der Waals surface area contributed by atoms with E-state index in [4.69, 9.17) is 5.73 Å². The summed E-state index contributed by atoms with van der Waals surface area (Å²) in [5.74, 6) is 0.0979. The highest BCUT2D eigenvalue weighted by molar-refractivity contribution is 5.95. The van der Waals surface area contributed by atoms with Crippen molar-refractivity contribution in [3.63, 3.8) is 0 Å². The third-order valence-electron chi connectivity index (χ3n) is 3.76. The maximum absolute atomic E-state index is 12.4. The maximum atomic E-state index is 12.4. The molecular formula is C18H27ClN4O. The molecule has 0 saturated heterocycles. The molecule has 0 fully saturated rings. The molecule has 2 aromatic rings. The Balaban J connectivity index is 0.00000288.